The first-order valence-electron chi connectivity index (χ1n) is 5.78. The standard InChI is InChI=1S/C12H17N3O3S/c1-19-7-4-10(11(16)17)15-12(18)14-8-9-2-5-13-6-3-9/h2-3,5-6,10H,4,7-8H2,1H3,(H,16,17)(H2,14,15,18)/t10-/m1/s1. The van der Waals surface area contributed by atoms with Gasteiger partial charge in [0, 0.05) is 18.9 Å². The predicted molar refractivity (Wildman–Crippen MR) is 74.0 cm³/mol. The van der Waals surface area contributed by atoms with Crippen LogP contribution >= 0.6 is 11.8 Å². The Balaban J connectivity index is 2.38. The molecule has 1 aromatic rings. The number of amides is 2. The zero-order valence-corrected chi connectivity index (χ0v) is 11.4. The Morgan fingerprint density at radius 3 is 2.68 bits per heavy atom. The summed E-state index contributed by atoms with van der Waals surface area (Å²) in [5.74, 6) is -0.338. The van der Waals surface area contributed by atoms with Crippen molar-refractivity contribution in [1.29, 1.82) is 0 Å². The minimum absolute atomic E-state index is 0.337. The molecule has 0 bridgehead atoms. The number of carbonyl (C=O) groups excluding carboxylic acids is 1. The number of carbonyl (C=O) groups is 2. The van der Waals surface area contributed by atoms with Gasteiger partial charge in [0.2, 0.25) is 0 Å². The maximum absolute atomic E-state index is 11.6. The van der Waals surface area contributed by atoms with Crippen LogP contribution in [0.3, 0.4) is 0 Å². The molecule has 0 spiro atoms. The molecular weight excluding hydrogens is 266 g/mol. The molecule has 1 rings (SSSR count). The normalized spacial score (nSPS) is 11.6. The maximum Gasteiger partial charge on any atom is 0.326 e. The Labute approximate surface area is 116 Å². The lowest BCUT2D eigenvalue weighted by Gasteiger charge is -2.14. The van der Waals surface area contributed by atoms with Crippen molar-refractivity contribution >= 4 is 23.8 Å². The number of hydrogen-bond acceptors (Lipinski definition) is 4. The van der Waals surface area contributed by atoms with Crippen LogP contribution in [0.1, 0.15) is 12.0 Å². The molecule has 0 aliphatic rings. The first kappa shape index (κ1) is 15.3. The summed E-state index contributed by atoms with van der Waals surface area (Å²) in [7, 11) is 0. The zero-order valence-electron chi connectivity index (χ0n) is 10.6. The van der Waals surface area contributed by atoms with Crippen molar-refractivity contribution in [2.75, 3.05) is 12.0 Å². The van der Waals surface area contributed by atoms with Crippen molar-refractivity contribution < 1.29 is 14.7 Å². The summed E-state index contributed by atoms with van der Waals surface area (Å²) in [4.78, 5) is 26.4. The third-order valence-electron chi connectivity index (χ3n) is 2.42. The van der Waals surface area contributed by atoms with Gasteiger partial charge in [0.15, 0.2) is 0 Å². The molecular formula is C12H17N3O3S. The highest BCUT2D eigenvalue weighted by Crippen LogP contribution is 2.01. The first-order valence-corrected chi connectivity index (χ1v) is 7.18. The van der Waals surface area contributed by atoms with Crippen LogP contribution in [0, 0.1) is 0 Å². The van der Waals surface area contributed by atoms with Gasteiger partial charge >= 0.3 is 12.0 Å². The van der Waals surface area contributed by atoms with E-state index in [0.29, 0.717) is 18.7 Å². The van der Waals surface area contributed by atoms with Crippen LogP contribution in [0.5, 0.6) is 0 Å². The molecule has 0 aromatic carbocycles. The fraction of sp³-hybridized carbons (Fsp3) is 0.417. The number of pyridine rings is 1. The van der Waals surface area contributed by atoms with E-state index in [1.54, 1.807) is 36.3 Å². The SMILES string of the molecule is CSCC[C@@H](NC(=O)NCc1ccncc1)C(=O)O. The van der Waals surface area contributed by atoms with Gasteiger partial charge < -0.3 is 15.7 Å². The van der Waals surface area contributed by atoms with Gasteiger partial charge in [-0.2, -0.15) is 11.8 Å². The fourth-order valence-corrected chi connectivity index (χ4v) is 1.86. The number of carboxylic acids is 1. The number of hydrogen-bond donors (Lipinski definition) is 3. The van der Waals surface area contributed by atoms with Crippen LogP contribution in [0.15, 0.2) is 24.5 Å². The summed E-state index contributed by atoms with van der Waals surface area (Å²) < 4.78 is 0. The van der Waals surface area contributed by atoms with E-state index in [9.17, 15) is 9.59 Å². The molecule has 0 radical (unpaired) electrons. The van der Waals surface area contributed by atoms with Gasteiger partial charge in [-0.1, -0.05) is 0 Å². The molecule has 19 heavy (non-hydrogen) atoms. The van der Waals surface area contributed by atoms with E-state index in [2.05, 4.69) is 15.6 Å². The van der Waals surface area contributed by atoms with E-state index in [-0.39, 0.29) is 0 Å². The molecule has 6 nitrogen and oxygen atoms in total. The summed E-state index contributed by atoms with van der Waals surface area (Å²) in [6.07, 6.45) is 5.56. The molecule has 0 saturated carbocycles. The molecule has 1 atom stereocenters. The lowest BCUT2D eigenvalue weighted by Crippen LogP contribution is -2.46. The quantitative estimate of drug-likeness (QED) is 0.696. The molecule has 0 aliphatic carbocycles. The van der Waals surface area contributed by atoms with Crippen LogP contribution < -0.4 is 10.6 Å². The van der Waals surface area contributed by atoms with Crippen molar-refractivity contribution in [2.24, 2.45) is 0 Å². The number of nitrogens with zero attached hydrogens (tertiary/aromatic N) is 1. The van der Waals surface area contributed by atoms with Gasteiger partial charge in [-0.3, -0.25) is 4.98 Å². The second-order valence-electron chi connectivity index (χ2n) is 3.85. The number of aliphatic carboxylic acids is 1. The number of thioether (sulfide) groups is 1. The van der Waals surface area contributed by atoms with Crippen molar-refractivity contribution in [3.63, 3.8) is 0 Å². The average Bonchev–Trinajstić information content (AvgIpc) is 2.42. The summed E-state index contributed by atoms with van der Waals surface area (Å²) in [5.41, 5.74) is 0.904. The number of rotatable bonds is 7. The highest BCUT2D eigenvalue weighted by Gasteiger charge is 2.18. The molecule has 0 aliphatic heterocycles. The minimum atomic E-state index is -1.02. The fourth-order valence-electron chi connectivity index (χ4n) is 1.39. The second kappa shape index (κ2) is 8.36. The van der Waals surface area contributed by atoms with E-state index < -0.39 is 18.0 Å². The predicted octanol–water partition coefficient (Wildman–Crippen LogP) is 1.09. The van der Waals surface area contributed by atoms with E-state index in [4.69, 9.17) is 5.11 Å². The van der Waals surface area contributed by atoms with E-state index in [1.807, 2.05) is 6.26 Å². The summed E-state index contributed by atoms with van der Waals surface area (Å²) in [6.45, 7) is 0.337. The third-order valence-corrected chi connectivity index (χ3v) is 3.06. The molecule has 104 valence electrons. The lowest BCUT2D eigenvalue weighted by molar-refractivity contribution is -0.139. The number of carboxylic acid groups (broad SMARTS) is 1. The molecule has 0 saturated heterocycles. The summed E-state index contributed by atoms with van der Waals surface area (Å²) >= 11 is 1.54. The minimum Gasteiger partial charge on any atom is -0.480 e. The van der Waals surface area contributed by atoms with E-state index >= 15 is 0 Å². The Kier molecular flexibility index (Phi) is 6.73. The highest BCUT2D eigenvalue weighted by atomic mass is 32.2. The van der Waals surface area contributed by atoms with Gasteiger partial charge in [-0.15, -0.1) is 0 Å². The lowest BCUT2D eigenvalue weighted by atomic mass is 10.2. The summed E-state index contributed by atoms with van der Waals surface area (Å²) in [5, 5.41) is 14.0. The van der Waals surface area contributed by atoms with Crippen molar-refractivity contribution in [3.05, 3.63) is 30.1 Å². The third kappa shape index (κ3) is 6.10. The van der Waals surface area contributed by atoms with E-state index in [0.717, 1.165) is 5.56 Å². The molecule has 1 heterocycles. The van der Waals surface area contributed by atoms with Crippen LogP contribution in [-0.4, -0.2) is 40.1 Å². The van der Waals surface area contributed by atoms with Crippen LogP contribution in [0.2, 0.25) is 0 Å². The van der Waals surface area contributed by atoms with Gasteiger partial charge in [0.1, 0.15) is 6.04 Å². The molecule has 0 fully saturated rings. The van der Waals surface area contributed by atoms with Crippen molar-refractivity contribution in [2.45, 2.75) is 19.0 Å². The van der Waals surface area contributed by atoms with Crippen LogP contribution in [0.25, 0.3) is 0 Å². The summed E-state index contributed by atoms with van der Waals surface area (Å²) in [6, 6.07) is 2.22. The maximum atomic E-state index is 11.6. The number of nitrogens with one attached hydrogen (secondary N) is 2. The topological polar surface area (TPSA) is 91.3 Å². The largest absolute Gasteiger partial charge is 0.480 e. The molecule has 3 N–H and O–H groups in total. The molecule has 7 heteroatoms. The molecule has 2 amide bonds. The van der Waals surface area contributed by atoms with Gasteiger partial charge in [0.25, 0.3) is 0 Å². The monoisotopic (exact) mass is 283 g/mol. The van der Waals surface area contributed by atoms with Crippen LogP contribution in [0.4, 0.5) is 4.79 Å². The zero-order chi connectivity index (χ0) is 14.1. The Morgan fingerprint density at radius 2 is 2.11 bits per heavy atom. The van der Waals surface area contributed by atoms with Gasteiger partial charge in [-0.25, -0.2) is 9.59 Å². The Bertz CT molecular complexity index is 414. The number of urea groups is 1. The Morgan fingerprint density at radius 1 is 1.42 bits per heavy atom. The molecule has 1 aromatic heterocycles. The first-order chi connectivity index (χ1) is 9.13. The smallest absolute Gasteiger partial charge is 0.326 e. The van der Waals surface area contributed by atoms with Gasteiger partial charge in [0.05, 0.1) is 0 Å². The highest BCUT2D eigenvalue weighted by molar-refractivity contribution is 7.98. The van der Waals surface area contributed by atoms with Crippen molar-refractivity contribution in [1.82, 2.24) is 15.6 Å². The van der Waals surface area contributed by atoms with Crippen LogP contribution in [-0.2, 0) is 11.3 Å². The number of aromatic nitrogens is 1. The van der Waals surface area contributed by atoms with Gasteiger partial charge in [-0.05, 0) is 36.1 Å². The average molecular weight is 283 g/mol. The van der Waals surface area contributed by atoms with E-state index in [1.165, 1.54) is 0 Å². The Hall–Kier alpha value is -1.76. The second-order valence-corrected chi connectivity index (χ2v) is 4.84. The van der Waals surface area contributed by atoms with Crippen molar-refractivity contribution in [3.8, 4) is 0 Å². The molecule has 0 unspecified atom stereocenters.